The lowest BCUT2D eigenvalue weighted by molar-refractivity contribution is 0.673. The molecule has 0 spiro atoms. The molecule has 10 aromatic rings. The Balaban J connectivity index is 1.16. The van der Waals surface area contributed by atoms with E-state index in [0.717, 1.165) is 65.7 Å². The van der Waals surface area contributed by atoms with E-state index in [1.165, 1.54) is 0 Å². The van der Waals surface area contributed by atoms with Gasteiger partial charge in [-0.3, -0.25) is 0 Å². The SMILES string of the molecule is [2H]c1c([2H])c(N(c2ccc(-c3cccc4oc5c6ccccc6ccc5c34)cc2)c2cccc(-c3cccc4ccccc34)c2)c([2H])c([2H])c1-c1ccccc1. The molecular formula is C50H33NO. The Morgan fingerprint density at radius 2 is 1.04 bits per heavy atom. The number of hydrogen-bond donors (Lipinski definition) is 0. The van der Waals surface area contributed by atoms with Crippen LogP contribution in [0, 0.1) is 0 Å². The third-order valence-electron chi connectivity index (χ3n) is 9.93. The van der Waals surface area contributed by atoms with Crippen molar-refractivity contribution in [3.63, 3.8) is 0 Å². The van der Waals surface area contributed by atoms with Crippen molar-refractivity contribution in [2.75, 3.05) is 4.90 Å². The van der Waals surface area contributed by atoms with Crippen molar-refractivity contribution in [3.05, 3.63) is 200 Å². The lowest BCUT2D eigenvalue weighted by atomic mass is 9.97. The van der Waals surface area contributed by atoms with Gasteiger partial charge in [0.15, 0.2) is 0 Å². The Bertz CT molecular complexity index is 3100. The zero-order chi connectivity index (χ0) is 37.9. The predicted octanol–water partition coefficient (Wildman–Crippen LogP) is 14.4. The highest BCUT2D eigenvalue weighted by molar-refractivity contribution is 6.19. The molecule has 0 unspecified atom stereocenters. The maximum absolute atomic E-state index is 9.42. The molecule has 2 nitrogen and oxygen atoms in total. The van der Waals surface area contributed by atoms with E-state index in [1.807, 2.05) is 95.9 Å². The van der Waals surface area contributed by atoms with Crippen LogP contribution in [0.3, 0.4) is 0 Å². The predicted molar refractivity (Wildman–Crippen MR) is 220 cm³/mol. The largest absolute Gasteiger partial charge is 0.455 e. The molecule has 0 bridgehead atoms. The molecule has 10 rings (SSSR count). The molecule has 0 aliphatic heterocycles. The molecule has 0 aliphatic rings. The molecule has 52 heavy (non-hydrogen) atoms. The molecule has 0 atom stereocenters. The third-order valence-corrected chi connectivity index (χ3v) is 9.93. The van der Waals surface area contributed by atoms with Crippen molar-refractivity contribution < 1.29 is 9.90 Å². The standard InChI is InChI=1S/C50H33NO/c1-2-11-34(12-3-1)35-23-28-40(29-24-35)51(42-17-8-16-39(33-42)44-20-9-15-36-13-4-6-18-43(36)44)41-30-25-38(26-31-41)45-21-10-22-48-49(45)47-32-27-37-14-5-7-19-46(37)50(47)52-48/h1-33H/i23D,24D,28D,29D. The van der Waals surface area contributed by atoms with Gasteiger partial charge in [0.1, 0.15) is 11.2 Å². The van der Waals surface area contributed by atoms with E-state index in [0.29, 0.717) is 16.9 Å². The fourth-order valence-electron chi connectivity index (χ4n) is 7.45. The molecule has 1 aromatic heterocycles. The van der Waals surface area contributed by atoms with Gasteiger partial charge in [0, 0.05) is 33.2 Å². The van der Waals surface area contributed by atoms with E-state index in [2.05, 4.69) is 84.9 Å². The van der Waals surface area contributed by atoms with E-state index in [9.17, 15) is 5.48 Å². The molecule has 0 radical (unpaired) electrons. The summed E-state index contributed by atoms with van der Waals surface area (Å²) in [6, 6.07) is 58.2. The molecular weight excluding hydrogens is 631 g/mol. The summed E-state index contributed by atoms with van der Waals surface area (Å²) in [6.07, 6.45) is 0. The van der Waals surface area contributed by atoms with Gasteiger partial charge in [0.05, 0.1) is 5.48 Å². The number of hydrogen-bond acceptors (Lipinski definition) is 2. The molecule has 9 aromatic carbocycles. The summed E-state index contributed by atoms with van der Waals surface area (Å²) in [6.45, 7) is 0. The van der Waals surface area contributed by atoms with Gasteiger partial charge < -0.3 is 9.32 Å². The van der Waals surface area contributed by atoms with Crippen LogP contribution in [0.2, 0.25) is 0 Å². The smallest absolute Gasteiger partial charge is 0.143 e. The number of nitrogens with zero attached hydrogens (tertiary/aromatic N) is 1. The first-order valence-electron chi connectivity index (χ1n) is 19.4. The minimum atomic E-state index is -0.119. The van der Waals surface area contributed by atoms with Crippen LogP contribution in [0.5, 0.6) is 0 Å². The number of furan rings is 1. The number of fused-ring (bicyclic) bond motifs is 6. The van der Waals surface area contributed by atoms with Gasteiger partial charge in [-0.2, -0.15) is 0 Å². The molecule has 0 amide bonds. The van der Waals surface area contributed by atoms with Crippen molar-refractivity contribution in [3.8, 4) is 33.4 Å². The van der Waals surface area contributed by atoms with Gasteiger partial charge in [-0.25, -0.2) is 0 Å². The van der Waals surface area contributed by atoms with Crippen LogP contribution < -0.4 is 4.90 Å². The van der Waals surface area contributed by atoms with Crippen molar-refractivity contribution in [1.82, 2.24) is 0 Å². The molecule has 1 heterocycles. The van der Waals surface area contributed by atoms with E-state index in [4.69, 9.17) is 4.42 Å². The van der Waals surface area contributed by atoms with Gasteiger partial charge in [0.25, 0.3) is 0 Å². The van der Waals surface area contributed by atoms with Crippen molar-refractivity contribution in [1.29, 1.82) is 0 Å². The van der Waals surface area contributed by atoms with Gasteiger partial charge in [-0.15, -0.1) is 0 Å². The summed E-state index contributed by atoms with van der Waals surface area (Å²) >= 11 is 0. The van der Waals surface area contributed by atoms with Crippen molar-refractivity contribution in [2.45, 2.75) is 0 Å². The van der Waals surface area contributed by atoms with Gasteiger partial charge >= 0.3 is 0 Å². The molecule has 0 N–H and O–H groups in total. The van der Waals surface area contributed by atoms with E-state index < -0.39 is 0 Å². The molecule has 0 fully saturated rings. The first kappa shape index (κ1) is 26.0. The number of rotatable bonds is 6. The Hall–Kier alpha value is -6.90. The van der Waals surface area contributed by atoms with E-state index in [-0.39, 0.29) is 35.4 Å². The lowest BCUT2D eigenvalue weighted by Crippen LogP contribution is -2.10. The maximum Gasteiger partial charge on any atom is 0.143 e. The summed E-state index contributed by atoms with van der Waals surface area (Å²) in [5.74, 6) is 0. The maximum atomic E-state index is 9.42. The van der Waals surface area contributed by atoms with Crippen LogP contribution in [0.15, 0.2) is 205 Å². The number of anilines is 3. The van der Waals surface area contributed by atoms with Crippen LogP contribution in [-0.2, 0) is 0 Å². The zero-order valence-electron chi connectivity index (χ0n) is 32.1. The average Bonchev–Trinajstić information content (AvgIpc) is 3.65. The Kier molecular flexibility index (Phi) is 6.22. The topological polar surface area (TPSA) is 16.4 Å². The summed E-state index contributed by atoms with van der Waals surface area (Å²) in [7, 11) is 0. The molecule has 2 heteroatoms. The third kappa shape index (κ3) is 5.12. The van der Waals surface area contributed by atoms with Gasteiger partial charge in [-0.1, -0.05) is 152 Å². The fraction of sp³-hybridized carbons (Fsp3) is 0. The molecule has 0 saturated heterocycles. The number of benzene rings is 9. The van der Waals surface area contributed by atoms with Crippen LogP contribution in [-0.4, -0.2) is 0 Å². The monoisotopic (exact) mass is 667 g/mol. The van der Waals surface area contributed by atoms with Crippen molar-refractivity contribution >= 4 is 60.5 Å². The Morgan fingerprint density at radius 1 is 0.385 bits per heavy atom. The minimum Gasteiger partial charge on any atom is -0.455 e. The van der Waals surface area contributed by atoms with Gasteiger partial charge in [0.2, 0.25) is 0 Å². The first-order valence-corrected chi connectivity index (χ1v) is 17.4. The molecule has 244 valence electrons. The molecule has 0 aliphatic carbocycles. The molecule has 0 saturated carbocycles. The second-order valence-electron chi connectivity index (χ2n) is 13.0. The Labute approximate surface area is 308 Å². The van der Waals surface area contributed by atoms with Crippen LogP contribution in [0.1, 0.15) is 5.48 Å². The fourth-order valence-corrected chi connectivity index (χ4v) is 7.45. The van der Waals surface area contributed by atoms with Crippen LogP contribution >= 0.6 is 0 Å². The lowest BCUT2D eigenvalue weighted by Gasteiger charge is -2.26. The van der Waals surface area contributed by atoms with Crippen LogP contribution in [0.25, 0.3) is 76.9 Å². The van der Waals surface area contributed by atoms with Gasteiger partial charge in [-0.05, 0) is 98.0 Å². The Morgan fingerprint density at radius 3 is 1.87 bits per heavy atom. The van der Waals surface area contributed by atoms with E-state index >= 15 is 0 Å². The highest BCUT2D eigenvalue weighted by atomic mass is 16.3. The second kappa shape index (κ2) is 12.5. The average molecular weight is 668 g/mol. The van der Waals surface area contributed by atoms with E-state index in [1.54, 1.807) is 0 Å². The summed E-state index contributed by atoms with van der Waals surface area (Å²) in [5, 5.41) is 6.53. The second-order valence-corrected chi connectivity index (χ2v) is 13.0. The van der Waals surface area contributed by atoms with Crippen molar-refractivity contribution in [2.24, 2.45) is 0 Å². The highest BCUT2D eigenvalue weighted by Crippen LogP contribution is 2.42. The highest BCUT2D eigenvalue weighted by Gasteiger charge is 2.17. The zero-order valence-corrected chi connectivity index (χ0v) is 28.1. The summed E-state index contributed by atoms with van der Waals surface area (Å²) in [4.78, 5) is 1.86. The minimum absolute atomic E-state index is 0.0925. The summed E-state index contributed by atoms with van der Waals surface area (Å²) < 4.78 is 43.7. The quantitative estimate of drug-likeness (QED) is 0.175. The first-order chi connectivity index (χ1) is 27.5. The van der Waals surface area contributed by atoms with Crippen LogP contribution in [0.4, 0.5) is 17.1 Å². The summed E-state index contributed by atoms with van der Waals surface area (Å²) in [5.41, 5.74) is 8.24. The normalized spacial score (nSPS) is 12.5.